The molecule has 6 rings (SSSR count). The van der Waals surface area contributed by atoms with Gasteiger partial charge in [-0.1, -0.05) is 42.5 Å². The third-order valence-electron chi connectivity index (χ3n) is 6.91. The zero-order valence-electron chi connectivity index (χ0n) is 20.8. The molecule has 0 radical (unpaired) electrons. The van der Waals surface area contributed by atoms with E-state index in [0.29, 0.717) is 6.54 Å². The fraction of sp³-hybridized carbons (Fsp3) is 0.250. The van der Waals surface area contributed by atoms with Crippen LogP contribution >= 0.6 is 0 Å². The van der Waals surface area contributed by atoms with E-state index in [-0.39, 0.29) is 6.04 Å². The second-order valence-corrected chi connectivity index (χ2v) is 9.32. The van der Waals surface area contributed by atoms with Crippen molar-refractivity contribution in [1.29, 1.82) is 0 Å². The molecule has 2 aromatic carbocycles. The van der Waals surface area contributed by atoms with Crippen LogP contribution in [-0.4, -0.2) is 59.3 Å². The lowest BCUT2D eigenvalue weighted by Crippen LogP contribution is -2.48. The van der Waals surface area contributed by atoms with E-state index < -0.39 is 0 Å². The SMILES string of the molecule is Cc1nn(-c2ccccc2)cc1CN1CCN(c2cnccn2)CC1c1ccc(Cn2nccn2)cc1. The number of anilines is 1. The predicted octanol–water partition coefficient (Wildman–Crippen LogP) is 3.67. The molecule has 1 saturated heterocycles. The normalized spacial score (nSPS) is 16.2. The van der Waals surface area contributed by atoms with Gasteiger partial charge >= 0.3 is 0 Å². The van der Waals surface area contributed by atoms with Crippen LogP contribution in [0.3, 0.4) is 0 Å². The summed E-state index contributed by atoms with van der Waals surface area (Å²) in [6.45, 7) is 6.23. The highest BCUT2D eigenvalue weighted by molar-refractivity contribution is 5.39. The van der Waals surface area contributed by atoms with Crippen LogP contribution in [0.4, 0.5) is 5.82 Å². The third kappa shape index (κ3) is 5.12. The number of piperazine rings is 1. The monoisotopic (exact) mass is 491 g/mol. The van der Waals surface area contributed by atoms with E-state index in [2.05, 4.69) is 79.5 Å². The highest BCUT2D eigenvalue weighted by Gasteiger charge is 2.30. The number of hydrogen-bond acceptors (Lipinski definition) is 7. The van der Waals surface area contributed by atoms with Crippen LogP contribution in [0, 0.1) is 6.92 Å². The molecule has 1 unspecified atom stereocenters. The summed E-state index contributed by atoms with van der Waals surface area (Å²) in [7, 11) is 0. The Balaban J connectivity index is 1.26. The maximum absolute atomic E-state index is 4.80. The van der Waals surface area contributed by atoms with Crippen LogP contribution in [0.2, 0.25) is 0 Å². The molecule has 9 heteroatoms. The molecule has 0 aliphatic carbocycles. The molecular formula is C28H29N9. The quantitative estimate of drug-likeness (QED) is 0.344. The van der Waals surface area contributed by atoms with E-state index in [0.717, 1.165) is 43.4 Å². The summed E-state index contributed by atoms with van der Waals surface area (Å²) in [5.74, 6) is 0.918. The van der Waals surface area contributed by atoms with E-state index in [1.54, 1.807) is 29.6 Å². The molecule has 0 bridgehead atoms. The second kappa shape index (κ2) is 10.3. The average Bonchev–Trinajstić information content (AvgIpc) is 3.60. The molecule has 1 fully saturated rings. The number of nitrogens with zero attached hydrogens (tertiary/aromatic N) is 9. The Morgan fingerprint density at radius 3 is 2.43 bits per heavy atom. The number of benzene rings is 2. The van der Waals surface area contributed by atoms with Gasteiger partial charge in [-0.25, -0.2) is 9.67 Å². The van der Waals surface area contributed by atoms with Crippen molar-refractivity contribution in [2.45, 2.75) is 26.1 Å². The van der Waals surface area contributed by atoms with Gasteiger partial charge < -0.3 is 4.90 Å². The molecule has 0 spiro atoms. The standard InChI is InChI=1S/C28H29N9/c1-22-25(20-36(33-22)26-5-3-2-4-6-26)19-34-15-16-35(28-17-29-11-12-30-28)21-27(34)24-9-7-23(8-10-24)18-37-31-13-14-32-37/h2-14,17,20,27H,15-16,18-19,21H2,1H3. The molecule has 1 aliphatic heterocycles. The molecule has 37 heavy (non-hydrogen) atoms. The lowest BCUT2D eigenvalue weighted by molar-refractivity contribution is 0.168. The van der Waals surface area contributed by atoms with E-state index in [9.17, 15) is 0 Å². The van der Waals surface area contributed by atoms with Crippen molar-refractivity contribution in [2.24, 2.45) is 0 Å². The summed E-state index contributed by atoms with van der Waals surface area (Å²) in [4.78, 5) is 15.4. The summed E-state index contributed by atoms with van der Waals surface area (Å²) in [6.07, 6.45) is 10.9. The van der Waals surface area contributed by atoms with E-state index in [4.69, 9.17) is 5.10 Å². The second-order valence-electron chi connectivity index (χ2n) is 9.32. The van der Waals surface area contributed by atoms with Gasteiger partial charge in [0.15, 0.2) is 0 Å². The minimum absolute atomic E-state index is 0.201. The zero-order valence-corrected chi connectivity index (χ0v) is 20.8. The Bertz CT molecular complexity index is 1410. The fourth-order valence-electron chi connectivity index (χ4n) is 4.90. The first-order valence-corrected chi connectivity index (χ1v) is 12.5. The van der Waals surface area contributed by atoms with Crippen LogP contribution in [0.15, 0.2) is 91.8 Å². The molecule has 3 aromatic heterocycles. The van der Waals surface area contributed by atoms with Crippen molar-refractivity contribution < 1.29 is 0 Å². The van der Waals surface area contributed by atoms with Crippen molar-refractivity contribution in [3.63, 3.8) is 0 Å². The Morgan fingerprint density at radius 1 is 0.865 bits per heavy atom. The van der Waals surface area contributed by atoms with E-state index in [1.807, 2.05) is 29.1 Å². The van der Waals surface area contributed by atoms with Crippen molar-refractivity contribution in [1.82, 2.24) is 39.6 Å². The number of aryl methyl sites for hydroxylation is 1. The van der Waals surface area contributed by atoms with Crippen LogP contribution in [0.1, 0.15) is 28.4 Å². The highest BCUT2D eigenvalue weighted by Crippen LogP contribution is 2.30. The summed E-state index contributed by atoms with van der Waals surface area (Å²) < 4.78 is 1.98. The summed E-state index contributed by atoms with van der Waals surface area (Å²) in [5, 5.41) is 13.3. The van der Waals surface area contributed by atoms with Gasteiger partial charge in [0.25, 0.3) is 0 Å². The van der Waals surface area contributed by atoms with Gasteiger partial charge in [0, 0.05) is 50.3 Å². The molecule has 0 saturated carbocycles. The van der Waals surface area contributed by atoms with Crippen LogP contribution < -0.4 is 4.90 Å². The number of rotatable bonds is 7. The van der Waals surface area contributed by atoms with E-state index >= 15 is 0 Å². The molecule has 1 aliphatic rings. The van der Waals surface area contributed by atoms with Gasteiger partial charge in [0.05, 0.1) is 42.6 Å². The number of para-hydroxylation sites is 1. The van der Waals surface area contributed by atoms with Crippen LogP contribution in [0.25, 0.3) is 5.69 Å². The number of aromatic nitrogens is 7. The Labute approximate surface area is 216 Å². The predicted molar refractivity (Wildman–Crippen MR) is 141 cm³/mol. The smallest absolute Gasteiger partial charge is 0.147 e. The summed E-state index contributed by atoms with van der Waals surface area (Å²) in [5.41, 5.74) is 5.82. The zero-order chi connectivity index (χ0) is 25.0. The lowest BCUT2D eigenvalue weighted by atomic mass is 10.00. The van der Waals surface area contributed by atoms with Crippen molar-refractivity contribution in [3.8, 4) is 5.69 Å². The minimum atomic E-state index is 0.201. The first-order chi connectivity index (χ1) is 18.2. The Hall–Kier alpha value is -4.37. The molecule has 5 aromatic rings. The topological polar surface area (TPSA) is 80.8 Å². The molecule has 186 valence electrons. The fourth-order valence-corrected chi connectivity index (χ4v) is 4.90. The van der Waals surface area contributed by atoms with Gasteiger partial charge in [-0.15, -0.1) is 0 Å². The lowest BCUT2D eigenvalue weighted by Gasteiger charge is -2.42. The maximum Gasteiger partial charge on any atom is 0.147 e. The van der Waals surface area contributed by atoms with Crippen molar-refractivity contribution in [2.75, 3.05) is 24.5 Å². The molecule has 0 N–H and O–H groups in total. The van der Waals surface area contributed by atoms with Gasteiger partial charge in [-0.05, 0) is 30.2 Å². The molecule has 1 atom stereocenters. The number of hydrogen-bond donors (Lipinski definition) is 0. The van der Waals surface area contributed by atoms with Crippen molar-refractivity contribution >= 4 is 5.82 Å². The third-order valence-corrected chi connectivity index (χ3v) is 6.91. The Morgan fingerprint density at radius 2 is 1.68 bits per heavy atom. The average molecular weight is 492 g/mol. The molecule has 4 heterocycles. The van der Waals surface area contributed by atoms with Crippen molar-refractivity contribution in [3.05, 3.63) is 114 Å². The van der Waals surface area contributed by atoms with Gasteiger partial charge in [0.2, 0.25) is 0 Å². The largest absolute Gasteiger partial charge is 0.352 e. The van der Waals surface area contributed by atoms with Crippen LogP contribution in [0.5, 0.6) is 0 Å². The first kappa shape index (κ1) is 23.1. The van der Waals surface area contributed by atoms with Gasteiger partial charge in [-0.3, -0.25) is 9.88 Å². The Kier molecular flexibility index (Phi) is 6.43. The molecule has 9 nitrogen and oxygen atoms in total. The summed E-state index contributed by atoms with van der Waals surface area (Å²) >= 11 is 0. The van der Waals surface area contributed by atoms with E-state index in [1.165, 1.54) is 16.7 Å². The first-order valence-electron chi connectivity index (χ1n) is 12.5. The highest BCUT2D eigenvalue weighted by atomic mass is 15.5. The summed E-state index contributed by atoms with van der Waals surface area (Å²) in [6, 6.07) is 19.3. The van der Waals surface area contributed by atoms with Gasteiger partial charge in [0.1, 0.15) is 5.82 Å². The molecule has 0 amide bonds. The minimum Gasteiger partial charge on any atom is -0.352 e. The van der Waals surface area contributed by atoms with Gasteiger partial charge in [-0.2, -0.15) is 20.1 Å². The molecular weight excluding hydrogens is 462 g/mol. The maximum atomic E-state index is 4.80. The van der Waals surface area contributed by atoms with Crippen LogP contribution in [-0.2, 0) is 13.1 Å².